The summed E-state index contributed by atoms with van der Waals surface area (Å²) >= 11 is 0. The summed E-state index contributed by atoms with van der Waals surface area (Å²) in [5.74, 6) is -0.766. The van der Waals surface area contributed by atoms with Crippen molar-refractivity contribution in [3.05, 3.63) is 12.0 Å². The lowest BCUT2D eigenvalue weighted by Gasteiger charge is -2.32. The quantitative estimate of drug-likeness (QED) is 0.798. The van der Waals surface area contributed by atoms with Crippen molar-refractivity contribution in [2.24, 2.45) is 5.92 Å². The van der Waals surface area contributed by atoms with Gasteiger partial charge >= 0.3 is 5.97 Å². The van der Waals surface area contributed by atoms with Crippen molar-refractivity contribution in [3.63, 3.8) is 0 Å². The number of aliphatic carboxylic acids is 1. The molecule has 2 aliphatic heterocycles. The molecule has 6 nitrogen and oxygen atoms in total. The maximum Gasteiger partial charge on any atom is 0.303 e. The van der Waals surface area contributed by atoms with Crippen LogP contribution in [0.2, 0.25) is 0 Å². The van der Waals surface area contributed by atoms with Crippen LogP contribution in [0.3, 0.4) is 0 Å². The average Bonchev–Trinajstić information content (AvgIpc) is 2.38. The number of rotatable bonds is 3. The predicted molar refractivity (Wildman–Crippen MR) is 61.5 cm³/mol. The number of nitrogens with zero attached hydrogens (tertiary/aromatic N) is 1. The molecule has 2 aliphatic rings. The molecule has 0 bridgehead atoms. The van der Waals surface area contributed by atoms with Gasteiger partial charge in [0.1, 0.15) is 19.5 Å². The van der Waals surface area contributed by atoms with E-state index in [2.05, 4.69) is 0 Å². The van der Waals surface area contributed by atoms with Crippen molar-refractivity contribution in [3.8, 4) is 0 Å². The number of carbonyl (C=O) groups excluding carboxylic acids is 1. The molecule has 100 valence electrons. The van der Waals surface area contributed by atoms with Gasteiger partial charge in [0, 0.05) is 19.5 Å². The molecule has 0 radical (unpaired) electrons. The van der Waals surface area contributed by atoms with Gasteiger partial charge in [-0.1, -0.05) is 0 Å². The van der Waals surface area contributed by atoms with Crippen molar-refractivity contribution in [2.45, 2.75) is 19.3 Å². The highest BCUT2D eigenvalue weighted by atomic mass is 16.6. The van der Waals surface area contributed by atoms with Gasteiger partial charge in [-0.2, -0.15) is 0 Å². The summed E-state index contributed by atoms with van der Waals surface area (Å²) in [6, 6.07) is 0. The summed E-state index contributed by atoms with van der Waals surface area (Å²) in [6.45, 7) is 1.96. The molecule has 1 N–H and O–H groups in total. The zero-order valence-corrected chi connectivity index (χ0v) is 10.1. The molecule has 1 atom stereocenters. The van der Waals surface area contributed by atoms with E-state index < -0.39 is 5.97 Å². The largest absolute Gasteiger partial charge is 0.494 e. The summed E-state index contributed by atoms with van der Waals surface area (Å²) in [7, 11) is 0. The second kappa shape index (κ2) is 5.75. The second-order valence-electron chi connectivity index (χ2n) is 4.56. The standard InChI is InChI=1S/C12H17NO5/c14-11(15)6-9-2-1-3-13(7-9)12(16)10-8-17-4-5-18-10/h8-9H,1-7H2,(H,14,15). The van der Waals surface area contributed by atoms with Gasteiger partial charge in [-0.3, -0.25) is 9.59 Å². The highest BCUT2D eigenvalue weighted by Gasteiger charge is 2.28. The Morgan fingerprint density at radius 1 is 1.44 bits per heavy atom. The summed E-state index contributed by atoms with van der Waals surface area (Å²) in [6.07, 6.45) is 3.14. The third-order valence-corrected chi connectivity index (χ3v) is 3.13. The van der Waals surface area contributed by atoms with Crippen LogP contribution >= 0.6 is 0 Å². The van der Waals surface area contributed by atoms with Crippen molar-refractivity contribution in [1.82, 2.24) is 4.90 Å². The van der Waals surface area contributed by atoms with Crippen LogP contribution in [0.4, 0.5) is 0 Å². The van der Waals surface area contributed by atoms with Gasteiger partial charge in [0.15, 0.2) is 0 Å². The molecule has 2 rings (SSSR count). The molecule has 0 aromatic carbocycles. The van der Waals surface area contributed by atoms with Crippen LogP contribution in [-0.4, -0.2) is 48.2 Å². The molecule has 1 unspecified atom stereocenters. The Morgan fingerprint density at radius 3 is 2.94 bits per heavy atom. The highest BCUT2D eigenvalue weighted by molar-refractivity contribution is 5.91. The monoisotopic (exact) mass is 255 g/mol. The first-order valence-electron chi connectivity index (χ1n) is 6.12. The maximum atomic E-state index is 12.1. The predicted octanol–water partition coefficient (Wildman–Crippen LogP) is 0.588. The van der Waals surface area contributed by atoms with E-state index in [4.69, 9.17) is 14.6 Å². The zero-order chi connectivity index (χ0) is 13.0. The minimum Gasteiger partial charge on any atom is -0.494 e. The first kappa shape index (κ1) is 12.7. The second-order valence-corrected chi connectivity index (χ2v) is 4.56. The van der Waals surface area contributed by atoms with Gasteiger partial charge < -0.3 is 19.5 Å². The number of ether oxygens (including phenoxy) is 2. The minimum atomic E-state index is -0.814. The molecule has 1 saturated heterocycles. The van der Waals surface area contributed by atoms with Crippen LogP contribution in [0.1, 0.15) is 19.3 Å². The van der Waals surface area contributed by atoms with Crippen LogP contribution in [-0.2, 0) is 19.1 Å². The lowest BCUT2D eigenvalue weighted by Crippen LogP contribution is -2.42. The zero-order valence-electron chi connectivity index (χ0n) is 10.1. The first-order valence-corrected chi connectivity index (χ1v) is 6.12. The van der Waals surface area contributed by atoms with E-state index >= 15 is 0 Å². The average molecular weight is 255 g/mol. The summed E-state index contributed by atoms with van der Waals surface area (Å²) in [4.78, 5) is 24.4. The molecule has 18 heavy (non-hydrogen) atoms. The van der Waals surface area contributed by atoms with Gasteiger partial charge in [0.05, 0.1) is 0 Å². The number of carboxylic acids is 1. The van der Waals surface area contributed by atoms with Gasteiger partial charge in [0.25, 0.3) is 5.91 Å². The Labute approximate surface area is 105 Å². The van der Waals surface area contributed by atoms with Crippen LogP contribution < -0.4 is 0 Å². The molecule has 0 aliphatic carbocycles. The Morgan fingerprint density at radius 2 is 2.28 bits per heavy atom. The third kappa shape index (κ3) is 3.15. The van der Waals surface area contributed by atoms with Crippen molar-refractivity contribution < 1.29 is 24.2 Å². The number of amides is 1. The minimum absolute atomic E-state index is 0.0327. The molecule has 1 amide bonds. The fraction of sp³-hybridized carbons (Fsp3) is 0.667. The normalized spacial score (nSPS) is 23.7. The van der Waals surface area contributed by atoms with Crippen molar-refractivity contribution >= 4 is 11.9 Å². The van der Waals surface area contributed by atoms with Gasteiger partial charge in [-0.05, 0) is 18.8 Å². The lowest BCUT2D eigenvalue weighted by molar-refractivity contribution is -0.140. The molecule has 0 aromatic rings. The van der Waals surface area contributed by atoms with Gasteiger partial charge in [0.2, 0.25) is 5.76 Å². The topological polar surface area (TPSA) is 76.1 Å². The van der Waals surface area contributed by atoms with E-state index in [0.29, 0.717) is 26.3 Å². The smallest absolute Gasteiger partial charge is 0.303 e. The number of carboxylic acid groups (broad SMARTS) is 1. The Kier molecular flexibility index (Phi) is 4.07. The number of piperidine rings is 1. The number of hydrogen-bond acceptors (Lipinski definition) is 4. The maximum absolute atomic E-state index is 12.1. The third-order valence-electron chi connectivity index (χ3n) is 3.13. The van der Waals surface area contributed by atoms with E-state index in [1.165, 1.54) is 6.26 Å². The number of carbonyl (C=O) groups is 2. The van der Waals surface area contributed by atoms with Crippen LogP contribution in [0.15, 0.2) is 12.0 Å². The van der Waals surface area contributed by atoms with Crippen LogP contribution in [0.5, 0.6) is 0 Å². The van der Waals surface area contributed by atoms with E-state index in [0.717, 1.165) is 12.8 Å². The SMILES string of the molecule is O=C(O)CC1CCCN(C(=O)C2=COCCO2)C1. The highest BCUT2D eigenvalue weighted by Crippen LogP contribution is 2.21. The summed E-state index contributed by atoms with van der Waals surface area (Å²) in [5.41, 5.74) is 0. The number of likely N-dealkylation sites (tertiary alicyclic amines) is 1. The molecule has 0 spiro atoms. The van der Waals surface area contributed by atoms with Crippen LogP contribution in [0, 0.1) is 5.92 Å². The van der Waals surface area contributed by atoms with Crippen LogP contribution in [0.25, 0.3) is 0 Å². The first-order chi connectivity index (χ1) is 8.66. The molecular weight excluding hydrogens is 238 g/mol. The van der Waals surface area contributed by atoms with Gasteiger partial charge in [-0.25, -0.2) is 0 Å². The van der Waals surface area contributed by atoms with E-state index in [9.17, 15) is 9.59 Å². The summed E-state index contributed by atoms with van der Waals surface area (Å²) < 4.78 is 10.3. The van der Waals surface area contributed by atoms with Crippen molar-refractivity contribution in [1.29, 1.82) is 0 Å². The Bertz CT molecular complexity index is 365. The number of hydrogen-bond donors (Lipinski definition) is 1. The Hall–Kier alpha value is -1.72. The summed E-state index contributed by atoms with van der Waals surface area (Å²) in [5, 5.41) is 8.78. The van der Waals surface area contributed by atoms with Gasteiger partial charge in [-0.15, -0.1) is 0 Å². The molecule has 2 heterocycles. The lowest BCUT2D eigenvalue weighted by atomic mass is 9.95. The fourth-order valence-corrected chi connectivity index (χ4v) is 2.30. The molecule has 1 fully saturated rings. The Balaban J connectivity index is 1.93. The molecule has 0 saturated carbocycles. The van der Waals surface area contributed by atoms with E-state index in [1.807, 2.05) is 0 Å². The molecule has 6 heteroatoms. The molecular formula is C12H17NO5. The van der Waals surface area contributed by atoms with Crippen molar-refractivity contribution in [2.75, 3.05) is 26.3 Å². The fourth-order valence-electron chi connectivity index (χ4n) is 2.30. The van der Waals surface area contributed by atoms with E-state index in [1.54, 1.807) is 4.90 Å². The van der Waals surface area contributed by atoms with E-state index in [-0.39, 0.29) is 24.0 Å². The molecule has 0 aromatic heterocycles.